The van der Waals surface area contributed by atoms with Crippen molar-refractivity contribution in [2.75, 3.05) is 19.6 Å². The van der Waals surface area contributed by atoms with Crippen LogP contribution in [-0.4, -0.2) is 30.4 Å². The second-order valence-corrected chi connectivity index (χ2v) is 5.18. The van der Waals surface area contributed by atoms with E-state index in [2.05, 4.69) is 0 Å². The molecule has 2 aromatic rings. The molecule has 110 valence electrons. The van der Waals surface area contributed by atoms with Gasteiger partial charge in [-0.3, -0.25) is 4.79 Å². The third-order valence-electron chi connectivity index (χ3n) is 3.66. The highest BCUT2D eigenvalue weighted by molar-refractivity contribution is 5.91. The van der Waals surface area contributed by atoms with Crippen LogP contribution in [0.15, 0.2) is 46.9 Å². The molecule has 1 atom stereocenters. The molecule has 3 rings (SSSR count). The van der Waals surface area contributed by atoms with E-state index in [1.54, 1.807) is 17.0 Å². The zero-order valence-corrected chi connectivity index (χ0v) is 11.7. The lowest BCUT2D eigenvalue weighted by molar-refractivity contribution is 0.0751. The summed E-state index contributed by atoms with van der Waals surface area (Å²) >= 11 is 0. The normalized spacial score (nSPS) is 18.0. The Kier molecular flexibility index (Phi) is 3.92. The summed E-state index contributed by atoms with van der Waals surface area (Å²) in [6, 6.07) is 12.6. The number of carbonyl (C=O) groups is 1. The summed E-state index contributed by atoms with van der Waals surface area (Å²) in [5.74, 6) is 1.59. The molecule has 2 heterocycles. The third kappa shape index (κ3) is 3.08. The minimum atomic E-state index is -0.103. The van der Waals surface area contributed by atoms with E-state index in [4.69, 9.17) is 14.9 Å². The number of hydrogen-bond acceptors (Lipinski definition) is 4. The molecule has 5 heteroatoms. The minimum absolute atomic E-state index is 0.103. The quantitative estimate of drug-likeness (QED) is 0.937. The van der Waals surface area contributed by atoms with Crippen LogP contribution >= 0.6 is 0 Å². The van der Waals surface area contributed by atoms with E-state index in [1.165, 1.54) is 0 Å². The molecule has 0 bridgehead atoms. The van der Waals surface area contributed by atoms with Gasteiger partial charge in [-0.25, -0.2) is 0 Å². The summed E-state index contributed by atoms with van der Waals surface area (Å²) in [6.45, 7) is 2.05. The zero-order valence-electron chi connectivity index (χ0n) is 11.7. The van der Waals surface area contributed by atoms with Gasteiger partial charge in [-0.15, -0.1) is 0 Å². The first kappa shape index (κ1) is 13.7. The number of benzene rings is 1. The number of nitrogens with two attached hydrogens (primary N) is 1. The van der Waals surface area contributed by atoms with Gasteiger partial charge in [0.1, 0.15) is 5.75 Å². The van der Waals surface area contributed by atoms with Crippen LogP contribution in [0.25, 0.3) is 0 Å². The van der Waals surface area contributed by atoms with Gasteiger partial charge < -0.3 is 19.8 Å². The monoisotopic (exact) mass is 286 g/mol. The van der Waals surface area contributed by atoms with Gasteiger partial charge in [0, 0.05) is 19.2 Å². The lowest BCUT2D eigenvalue weighted by atomic mass is 10.1. The highest BCUT2D eigenvalue weighted by atomic mass is 16.6. The number of ether oxygens (including phenoxy) is 1. The molecular weight excluding hydrogens is 268 g/mol. The van der Waals surface area contributed by atoms with Crippen LogP contribution in [0.3, 0.4) is 0 Å². The molecule has 1 amide bonds. The van der Waals surface area contributed by atoms with Crippen molar-refractivity contribution in [3.8, 4) is 11.7 Å². The molecule has 1 aromatic carbocycles. The highest BCUT2D eigenvalue weighted by Gasteiger charge is 2.27. The summed E-state index contributed by atoms with van der Waals surface area (Å²) in [4.78, 5) is 14.1. The van der Waals surface area contributed by atoms with E-state index in [-0.39, 0.29) is 5.91 Å². The van der Waals surface area contributed by atoms with Gasteiger partial charge in [0.25, 0.3) is 11.9 Å². The summed E-state index contributed by atoms with van der Waals surface area (Å²) in [5.41, 5.74) is 5.64. The molecule has 0 saturated carbocycles. The van der Waals surface area contributed by atoms with Gasteiger partial charge in [0.05, 0.1) is 0 Å². The second-order valence-electron chi connectivity index (χ2n) is 5.18. The van der Waals surface area contributed by atoms with Crippen molar-refractivity contribution < 1.29 is 13.9 Å². The Morgan fingerprint density at radius 3 is 2.81 bits per heavy atom. The Morgan fingerprint density at radius 1 is 1.29 bits per heavy atom. The average Bonchev–Trinajstić information content (AvgIpc) is 3.16. The van der Waals surface area contributed by atoms with Crippen molar-refractivity contribution in [3.05, 3.63) is 48.2 Å². The van der Waals surface area contributed by atoms with E-state index < -0.39 is 0 Å². The molecule has 2 N–H and O–H groups in total. The maximum absolute atomic E-state index is 12.3. The SMILES string of the molecule is NCC1CCN(C(=O)c2ccc(Oc3ccccc3)o2)C1. The third-order valence-corrected chi connectivity index (χ3v) is 3.66. The number of para-hydroxylation sites is 1. The molecule has 0 spiro atoms. The average molecular weight is 286 g/mol. The fraction of sp³-hybridized carbons (Fsp3) is 0.312. The van der Waals surface area contributed by atoms with Crippen LogP contribution in [0.5, 0.6) is 11.7 Å². The van der Waals surface area contributed by atoms with Crippen molar-refractivity contribution in [2.45, 2.75) is 6.42 Å². The summed E-state index contributed by atoms with van der Waals surface area (Å²) in [7, 11) is 0. The van der Waals surface area contributed by atoms with Crippen molar-refractivity contribution in [3.63, 3.8) is 0 Å². The molecule has 21 heavy (non-hydrogen) atoms. The number of likely N-dealkylation sites (tertiary alicyclic amines) is 1. The van der Waals surface area contributed by atoms with E-state index in [9.17, 15) is 4.79 Å². The minimum Gasteiger partial charge on any atom is -0.426 e. The highest BCUT2D eigenvalue weighted by Crippen LogP contribution is 2.25. The molecule has 1 aliphatic rings. The van der Waals surface area contributed by atoms with Crippen LogP contribution in [0.4, 0.5) is 0 Å². The standard InChI is InChI=1S/C16H18N2O3/c17-10-12-8-9-18(11-12)16(19)14-6-7-15(21-14)20-13-4-2-1-3-5-13/h1-7,12H,8-11,17H2. The molecule has 1 unspecified atom stereocenters. The maximum atomic E-state index is 12.3. The molecule has 1 fully saturated rings. The van der Waals surface area contributed by atoms with Crippen molar-refractivity contribution in [1.29, 1.82) is 0 Å². The molecule has 1 aromatic heterocycles. The first-order chi connectivity index (χ1) is 10.3. The van der Waals surface area contributed by atoms with Crippen molar-refractivity contribution in [1.82, 2.24) is 4.90 Å². The van der Waals surface area contributed by atoms with Gasteiger partial charge in [0.2, 0.25) is 0 Å². The zero-order chi connectivity index (χ0) is 14.7. The number of furan rings is 1. The van der Waals surface area contributed by atoms with E-state index >= 15 is 0 Å². The molecule has 1 aliphatic heterocycles. The van der Waals surface area contributed by atoms with Crippen LogP contribution in [0.2, 0.25) is 0 Å². The van der Waals surface area contributed by atoms with E-state index in [0.29, 0.717) is 36.5 Å². The molecule has 0 radical (unpaired) electrons. The van der Waals surface area contributed by atoms with Gasteiger partial charge >= 0.3 is 0 Å². The molecular formula is C16H18N2O3. The largest absolute Gasteiger partial charge is 0.426 e. The fourth-order valence-electron chi connectivity index (χ4n) is 2.46. The van der Waals surface area contributed by atoms with Gasteiger partial charge in [0.15, 0.2) is 5.76 Å². The maximum Gasteiger partial charge on any atom is 0.290 e. The topological polar surface area (TPSA) is 68.7 Å². The number of carbonyl (C=O) groups excluding carboxylic acids is 1. The van der Waals surface area contributed by atoms with Crippen LogP contribution < -0.4 is 10.5 Å². The van der Waals surface area contributed by atoms with Crippen LogP contribution in [0.1, 0.15) is 17.0 Å². The van der Waals surface area contributed by atoms with Crippen molar-refractivity contribution >= 4 is 5.91 Å². The van der Waals surface area contributed by atoms with Crippen molar-refractivity contribution in [2.24, 2.45) is 11.7 Å². The van der Waals surface area contributed by atoms with Crippen LogP contribution in [0, 0.1) is 5.92 Å². The summed E-state index contributed by atoms with van der Waals surface area (Å²) < 4.78 is 11.0. The Morgan fingerprint density at radius 2 is 2.10 bits per heavy atom. The molecule has 0 aliphatic carbocycles. The second kappa shape index (κ2) is 6.01. The fourth-order valence-corrected chi connectivity index (χ4v) is 2.46. The Hall–Kier alpha value is -2.27. The number of rotatable bonds is 4. The van der Waals surface area contributed by atoms with Gasteiger partial charge in [-0.2, -0.15) is 0 Å². The predicted molar refractivity (Wildman–Crippen MR) is 78.3 cm³/mol. The molecule has 5 nitrogen and oxygen atoms in total. The number of hydrogen-bond donors (Lipinski definition) is 1. The molecule has 1 saturated heterocycles. The van der Waals surface area contributed by atoms with Crippen LogP contribution in [-0.2, 0) is 0 Å². The Balaban J connectivity index is 1.66. The Labute approximate surface area is 123 Å². The number of nitrogens with zero attached hydrogens (tertiary/aromatic N) is 1. The first-order valence-corrected chi connectivity index (χ1v) is 7.08. The van der Waals surface area contributed by atoms with Gasteiger partial charge in [-0.1, -0.05) is 18.2 Å². The smallest absolute Gasteiger partial charge is 0.290 e. The summed E-state index contributed by atoms with van der Waals surface area (Å²) in [5, 5.41) is 0. The lowest BCUT2D eigenvalue weighted by Crippen LogP contribution is -2.29. The van der Waals surface area contributed by atoms with E-state index in [1.807, 2.05) is 30.3 Å². The number of amides is 1. The van der Waals surface area contributed by atoms with E-state index in [0.717, 1.165) is 13.0 Å². The van der Waals surface area contributed by atoms with Gasteiger partial charge in [-0.05, 0) is 37.1 Å². The summed E-state index contributed by atoms with van der Waals surface area (Å²) in [6.07, 6.45) is 0.955. The predicted octanol–water partition coefficient (Wildman–Crippen LogP) is 2.49. The Bertz CT molecular complexity index is 609. The lowest BCUT2D eigenvalue weighted by Gasteiger charge is -2.14. The first-order valence-electron chi connectivity index (χ1n) is 7.08.